The van der Waals surface area contributed by atoms with E-state index in [2.05, 4.69) is 0 Å². The zero-order valence-electron chi connectivity index (χ0n) is 10.1. The number of nitrogen functional groups attached to an aromatic ring is 1. The van der Waals surface area contributed by atoms with E-state index < -0.39 is 5.97 Å². The zero-order valence-corrected chi connectivity index (χ0v) is 10.1. The molecule has 1 aliphatic rings. The van der Waals surface area contributed by atoms with E-state index in [-0.39, 0.29) is 11.9 Å². The summed E-state index contributed by atoms with van der Waals surface area (Å²) in [6.07, 6.45) is 2.48. The highest BCUT2D eigenvalue weighted by Crippen LogP contribution is 2.33. The Balaban J connectivity index is 2.28. The largest absolute Gasteiger partial charge is 0.460 e. The number of rotatable bonds is 3. The molecule has 2 N–H and O–H groups in total. The molecule has 0 fully saturated rings. The van der Waals surface area contributed by atoms with Crippen LogP contribution in [0.15, 0.2) is 4.42 Å². The molecule has 17 heavy (non-hydrogen) atoms. The summed E-state index contributed by atoms with van der Waals surface area (Å²) in [5.41, 5.74) is 7.22. The molecule has 0 radical (unpaired) electrons. The summed E-state index contributed by atoms with van der Waals surface area (Å²) in [7, 11) is 1.68. The zero-order chi connectivity index (χ0) is 12.4. The lowest BCUT2D eigenvalue weighted by molar-refractivity contribution is 0.0488. The molecule has 0 aliphatic heterocycles. The molecule has 0 amide bonds. The second-order valence-corrected chi connectivity index (χ2v) is 4.07. The monoisotopic (exact) mass is 239 g/mol. The predicted octanol–water partition coefficient (Wildman–Crippen LogP) is 1.54. The molecule has 94 valence electrons. The number of ether oxygens (including phenoxy) is 2. The van der Waals surface area contributed by atoms with Crippen molar-refractivity contribution in [3.63, 3.8) is 0 Å². The second-order valence-electron chi connectivity index (χ2n) is 4.07. The summed E-state index contributed by atoms with van der Waals surface area (Å²) in [6.45, 7) is 2.06. The molecular formula is C12H17NO4. The number of methoxy groups -OCH3 is 1. The van der Waals surface area contributed by atoms with Gasteiger partial charge in [-0.05, 0) is 13.3 Å². The number of furan rings is 1. The number of esters is 1. The van der Waals surface area contributed by atoms with Crippen LogP contribution in [-0.4, -0.2) is 25.8 Å². The van der Waals surface area contributed by atoms with Crippen LogP contribution in [0.1, 0.15) is 35.2 Å². The maximum Gasteiger partial charge on any atom is 0.376 e. The summed E-state index contributed by atoms with van der Waals surface area (Å²) < 4.78 is 15.7. The Morgan fingerprint density at radius 1 is 1.59 bits per heavy atom. The average molecular weight is 239 g/mol. The Labute approximate surface area is 99.9 Å². The van der Waals surface area contributed by atoms with Gasteiger partial charge >= 0.3 is 5.97 Å². The lowest BCUT2D eigenvalue weighted by Crippen LogP contribution is -2.20. The minimum Gasteiger partial charge on any atom is -0.460 e. The topological polar surface area (TPSA) is 74.7 Å². The van der Waals surface area contributed by atoms with Crippen molar-refractivity contribution in [2.45, 2.75) is 32.3 Å². The number of carbonyl (C=O) groups excluding carboxylic acids is 1. The normalized spacial score (nSPS) is 18.8. The van der Waals surface area contributed by atoms with Crippen LogP contribution in [0, 0.1) is 0 Å². The standard InChI is InChI=1S/C12H17NO4/c1-3-16-12(14)11-10(13)8-6-7(15-2)4-5-9(8)17-11/h7H,3-6,13H2,1-2H3. The molecule has 1 aromatic heterocycles. The Kier molecular flexibility index (Phi) is 3.38. The average Bonchev–Trinajstić information content (AvgIpc) is 2.67. The molecule has 1 atom stereocenters. The summed E-state index contributed by atoms with van der Waals surface area (Å²) >= 11 is 0. The van der Waals surface area contributed by atoms with Gasteiger partial charge in [-0.1, -0.05) is 0 Å². The van der Waals surface area contributed by atoms with Gasteiger partial charge in [0.15, 0.2) is 0 Å². The molecule has 0 bridgehead atoms. The number of carbonyl (C=O) groups is 1. The molecule has 0 saturated carbocycles. The third-order valence-corrected chi connectivity index (χ3v) is 3.05. The summed E-state index contributed by atoms with van der Waals surface area (Å²) in [6, 6.07) is 0. The fraction of sp³-hybridized carbons (Fsp3) is 0.583. The molecular weight excluding hydrogens is 222 g/mol. The molecule has 0 aromatic carbocycles. The molecule has 0 spiro atoms. The van der Waals surface area contributed by atoms with Gasteiger partial charge in [0.05, 0.1) is 18.4 Å². The molecule has 2 rings (SSSR count). The number of aryl methyl sites for hydroxylation is 1. The second kappa shape index (κ2) is 4.79. The van der Waals surface area contributed by atoms with Crippen LogP contribution in [0.5, 0.6) is 0 Å². The lowest BCUT2D eigenvalue weighted by atomic mass is 9.94. The predicted molar refractivity (Wildman–Crippen MR) is 61.9 cm³/mol. The first-order valence-electron chi connectivity index (χ1n) is 5.77. The lowest BCUT2D eigenvalue weighted by Gasteiger charge is -2.19. The highest BCUT2D eigenvalue weighted by atomic mass is 16.5. The SMILES string of the molecule is CCOC(=O)c1oc2c(c1N)CC(OC)CC2. The van der Waals surface area contributed by atoms with Crippen molar-refractivity contribution in [3.8, 4) is 0 Å². The minimum atomic E-state index is -0.492. The van der Waals surface area contributed by atoms with Gasteiger partial charge < -0.3 is 19.6 Å². The van der Waals surface area contributed by atoms with Gasteiger partial charge in [-0.2, -0.15) is 0 Å². The van der Waals surface area contributed by atoms with E-state index >= 15 is 0 Å². The first kappa shape index (κ1) is 12.0. The number of hydrogen-bond acceptors (Lipinski definition) is 5. The number of fused-ring (bicyclic) bond motifs is 1. The van der Waals surface area contributed by atoms with Crippen LogP contribution in [-0.2, 0) is 22.3 Å². The van der Waals surface area contributed by atoms with Crippen molar-refractivity contribution in [2.24, 2.45) is 0 Å². The third kappa shape index (κ3) is 2.15. The van der Waals surface area contributed by atoms with Gasteiger partial charge in [-0.25, -0.2) is 4.79 Å². The minimum absolute atomic E-state index is 0.133. The van der Waals surface area contributed by atoms with Crippen LogP contribution >= 0.6 is 0 Å². The Morgan fingerprint density at radius 2 is 2.35 bits per heavy atom. The highest BCUT2D eigenvalue weighted by molar-refractivity contribution is 5.93. The first-order chi connectivity index (χ1) is 8.17. The Bertz CT molecular complexity index is 424. The van der Waals surface area contributed by atoms with Crippen LogP contribution in [0.2, 0.25) is 0 Å². The van der Waals surface area contributed by atoms with Crippen molar-refractivity contribution in [3.05, 3.63) is 17.1 Å². The van der Waals surface area contributed by atoms with E-state index in [0.29, 0.717) is 18.7 Å². The van der Waals surface area contributed by atoms with Crippen molar-refractivity contribution in [1.82, 2.24) is 0 Å². The van der Waals surface area contributed by atoms with Crippen LogP contribution in [0.4, 0.5) is 5.69 Å². The first-order valence-corrected chi connectivity index (χ1v) is 5.77. The maximum absolute atomic E-state index is 11.6. The fourth-order valence-corrected chi connectivity index (χ4v) is 2.12. The molecule has 1 unspecified atom stereocenters. The van der Waals surface area contributed by atoms with Gasteiger partial charge in [0, 0.05) is 25.5 Å². The Morgan fingerprint density at radius 3 is 3.00 bits per heavy atom. The summed E-state index contributed by atoms with van der Waals surface area (Å²) in [5, 5.41) is 0. The number of anilines is 1. The highest BCUT2D eigenvalue weighted by Gasteiger charge is 2.29. The van der Waals surface area contributed by atoms with Gasteiger partial charge in [0.2, 0.25) is 5.76 Å². The van der Waals surface area contributed by atoms with Crippen molar-refractivity contribution in [1.29, 1.82) is 0 Å². The summed E-state index contributed by atoms with van der Waals surface area (Å²) in [4.78, 5) is 11.6. The third-order valence-electron chi connectivity index (χ3n) is 3.05. The van der Waals surface area contributed by atoms with Crippen LogP contribution in [0.25, 0.3) is 0 Å². The van der Waals surface area contributed by atoms with Crippen LogP contribution in [0.3, 0.4) is 0 Å². The smallest absolute Gasteiger partial charge is 0.376 e. The molecule has 1 aliphatic carbocycles. The number of nitrogens with two attached hydrogens (primary N) is 1. The number of hydrogen-bond donors (Lipinski definition) is 1. The van der Waals surface area contributed by atoms with Crippen molar-refractivity contribution in [2.75, 3.05) is 19.5 Å². The van der Waals surface area contributed by atoms with E-state index in [1.807, 2.05) is 0 Å². The quantitative estimate of drug-likeness (QED) is 0.810. The van der Waals surface area contributed by atoms with Crippen LogP contribution < -0.4 is 5.73 Å². The molecule has 0 saturated heterocycles. The Hall–Kier alpha value is -1.49. The molecule has 1 heterocycles. The van der Waals surface area contributed by atoms with Gasteiger partial charge in [0.1, 0.15) is 5.76 Å². The maximum atomic E-state index is 11.6. The van der Waals surface area contributed by atoms with E-state index in [0.717, 1.165) is 24.2 Å². The van der Waals surface area contributed by atoms with Gasteiger partial charge in [0.25, 0.3) is 0 Å². The fourth-order valence-electron chi connectivity index (χ4n) is 2.12. The summed E-state index contributed by atoms with van der Waals surface area (Å²) in [5.74, 6) is 0.431. The molecule has 5 heteroatoms. The van der Waals surface area contributed by atoms with Gasteiger partial charge in [-0.15, -0.1) is 0 Å². The molecule has 1 aromatic rings. The van der Waals surface area contributed by atoms with Crippen molar-refractivity contribution >= 4 is 11.7 Å². The molecule has 5 nitrogen and oxygen atoms in total. The van der Waals surface area contributed by atoms with Crippen molar-refractivity contribution < 1.29 is 18.7 Å². The van der Waals surface area contributed by atoms with E-state index in [1.165, 1.54) is 0 Å². The van der Waals surface area contributed by atoms with E-state index in [1.54, 1.807) is 14.0 Å². The van der Waals surface area contributed by atoms with E-state index in [9.17, 15) is 4.79 Å². The van der Waals surface area contributed by atoms with Gasteiger partial charge in [-0.3, -0.25) is 0 Å². The van der Waals surface area contributed by atoms with E-state index in [4.69, 9.17) is 19.6 Å².